The molecule has 0 aliphatic heterocycles. The van der Waals surface area contributed by atoms with Gasteiger partial charge in [-0.15, -0.1) is 0 Å². The molecule has 0 heterocycles. The Morgan fingerprint density at radius 2 is 1.89 bits per heavy atom. The van der Waals surface area contributed by atoms with E-state index in [1.807, 2.05) is 6.92 Å². The van der Waals surface area contributed by atoms with Crippen LogP contribution < -0.4 is 10.2 Å². The minimum atomic E-state index is -4.49. The molecular formula is C12H14F3NO3. The van der Waals surface area contributed by atoms with Crippen molar-refractivity contribution in [2.24, 2.45) is 0 Å². The summed E-state index contributed by atoms with van der Waals surface area (Å²) in [7, 11) is 0. The molecule has 0 aliphatic carbocycles. The number of alkyl halides is 3. The van der Waals surface area contributed by atoms with Crippen molar-refractivity contribution in [3.63, 3.8) is 0 Å². The smallest absolute Gasteiger partial charge is 0.414 e. The highest BCUT2D eigenvalue weighted by Crippen LogP contribution is 2.14. The molecule has 1 unspecified atom stereocenters. The summed E-state index contributed by atoms with van der Waals surface area (Å²) in [4.78, 5) is 15.4. The van der Waals surface area contributed by atoms with E-state index in [1.54, 1.807) is 29.7 Å². The standard InChI is InChI=1S/C12H14F3NO3/c1-8-3-5-10(6-4-8)19-9(2)11(17)16-18-7-12(13,14)15/h3-6,9H,7H2,1-2H3,(H,16,17). The van der Waals surface area contributed by atoms with Gasteiger partial charge in [0.1, 0.15) is 5.75 Å². The van der Waals surface area contributed by atoms with Crippen LogP contribution in [0.2, 0.25) is 0 Å². The Bertz CT molecular complexity index is 417. The fourth-order valence-electron chi connectivity index (χ4n) is 1.15. The maximum Gasteiger partial charge on any atom is 0.414 e. The molecule has 7 heteroatoms. The summed E-state index contributed by atoms with van der Waals surface area (Å²) in [6.45, 7) is 1.76. The highest BCUT2D eigenvalue weighted by atomic mass is 19.4. The first-order valence-electron chi connectivity index (χ1n) is 5.49. The topological polar surface area (TPSA) is 47.6 Å². The maximum atomic E-state index is 11.8. The Balaban J connectivity index is 2.38. The van der Waals surface area contributed by atoms with Gasteiger partial charge in [0.05, 0.1) is 0 Å². The third-order valence-electron chi connectivity index (χ3n) is 2.11. The van der Waals surface area contributed by atoms with E-state index < -0.39 is 24.8 Å². The Kier molecular flexibility index (Phi) is 5.17. The van der Waals surface area contributed by atoms with Gasteiger partial charge in [0.15, 0.2) is 12.7 Å². The van der Waals surface area contributed by atoms with Gasteiger partial charge in [0.2, 0.25) is 0 Å². The van der Waals surface area contributed by atoms with Crippen molar-refractivity contribution in [3.05, 3.63) is 29.8 Å². The number of halogens is 3. The van der Waals surface area contributed by atoms with Crippen molar-refractivity contribution in [2.75, 3.05) is 6.61 Å². The molecule has 1 aromatic rings. The second-order valence-corrected chi connectivity index (χ2v) is 3.94. The van der Waals surface area contributed by atoms with Gasteiger partial charge in [-0.1, -0.05) is 17.7 Å². The molecule has 1 atom stereocenters. The molecule has 0 fully saturated rings. The molecule has 106 valence electrons. The first kappa shape index (κ1) is 15.3. The van der Waals surface area contributed by atoms with Crippen molar-refractivity contribution >= 4 is 5.91 Å². The van der Waals surface area contributed by atoms with Gasteiger partial charge in [0, 0.05) is 0 Å². The zero-order valence-corrected chi connectivity index (χ0v) is 10.5. The van der Waals surface area contributed by atoms with Crippen LogP contribution in [-0.2, 0) is 9.63 Å². The van der Waals surface area contributed by atoms with Gasteiger partial charge in [-0.3, -0.25) is 9.63 Å². The average Bonchev–Trinajstić information content (AvgIpc) is 2.30. The lowest BCUT2D eigenvalue weighted by Gasteiger charge is -2.15. The number of benzene rings is 1. The second-order valence-electron chi connectivity index (χ2n) is 3.94. The number of hydrogen-bond donors (Lipinski definition) is 1. The summed E-state index contributed by atoms with van der Waals surface area (Å²) in [5.41, 5.74) is 2.71. The van der Waals surface area contributed by atoms with Crippen molar-refractivity contribution < 1.29 is 27.5 Å². The fourth-order valence-corrected chi connectivity index (χ4v) is 1.15. The molecule has 0 saturated heterocycles. The van der Waals surface area contributed by atoms with Crippen LogP contribution in [0.4, 0.5) is 13.2 Å². The summed E-state index contributed by atoms with van der Waals surface area (Å²) in [5.74, 6) is -0.339. The van der Waals surface area contributed by atoms with E-state index in [2.05, 4.69) is 4.84 Å². The van der Waals surface area contributed by atoms with Gasteiger partial charge in [-0.05, 0) is 26.0 Å². The van der Waals surface area contributed by atoms with Crippen LogP contribution in [-0.4, -0.2) is 24.8 Å². The molecule has 0 radical (unpaired) electrons. The Morgan fingerprint density at radius 3 is 2.42 bits per heavy atom. The summed E-state index contributed by atoms with van der Waals surface area (Å²) in [6, 6.07) is 6.91. The monoisotopic (exact) mass is 277 g/mol. The van der Waals surface area contributed by atoms with E-state index in [9.17, 15) is 18.0 Å². The van der Waals surface area contributed by atoms with Crippen molar-refractivity contribution in [3.8, 4) is 5.75 Å². The molecule has 1 aromatic carbocycles. The summed E-state index contributed by atoms with van der Waals surface area (Å²) < 4.78 is 40.6. The van der Waals surface area contributed by atoms with Crippen LogP contribution in [0, 0.1) is 6.92 Å². The lowest BCUT2D eigenvalue weighted by molar-refractivity contribution is -0.193. The van der Waals surface area contributed by atoms with Crippen LogP contribution in [0.3, 0.4) is 0 Å². The zero-order chi connectivity index (χ0) is 14.5. The van der Waals surface area contributed by atoms with Gasteiger partial charge in [-0.2, -0.15) is 13.2 Å². The normalized spacial score (nSPS) is 12.9. The molecular weight excluding hydrogens is 263 g/mol. The summed E-state index contributed by atoms with van der Waals surface area (Å²) in [5, 5.41) is 0. The van der Waals surface area contributed by atoms with Gasteiger partial charge >= 0.3 is 6.18 Å². The molecule has 0 saturated carbocycles. The van der Waals surface area contributed by atoms with Crippen LogP contribution in [0.1, 0.15) is 12.5 Å². The number of hydrogen-bond acceptors (Lipinski definition) is 3. The van der Waals surface area contributed by atoms with E-state index in [4.69, 9.17) is 4.74 Å². The van der Waals surface area contributed by atoms with Gasteiger partial charge < -0.3 is 4.74 Å². The first-order chi connectivity index (χ1) is 8.78. The molecule has 0 aromatic heterocycles. The minimum Gasteiger partial charge on any atom is -0.481 e. The Labute approximate surface area is 108 Å². The van der Waals surface area contributed by atoms with Crippen molar-refractivity contribution in [1.29, 1.82) is 0 Å². The molecule has 4 nitrogen and oxygen atoms in total. The highest BCUT2D eigenvalue weighted by Gasteiger charge is 2.28. The number of amides is 1. The zero-order valence-electron chi connectivity index (χ0n) is 10.5. The predicted molar refractivity (Wildman–Crippen MR) is 61.4 cm³/mol. The number of aryl methyl sites for hydroxylation is 1. The number of ether oxygens (including phenoxy) is 1. The second kappa shape index (κ2) is 6.42. The van der Waals surface area contributed by atoms with Crippen molar-refractivity contribution in [1.82, 2.24) is 5.48 Å². The lowest BCUT2D eigenvalue weighted by atomic mass is 10.2. The summed E-state index contributed by atoms with van der Waals surface area (Å²) >= 11 is 0. The number of rotatable bonds is 5. The third kappa shape index (κ3) is 6.10. The molecule has 1 N–H and O–H groups in total. The number of carbonyl (C=O) groups excluding carboxylic acids is 1. The average molecular weight is 277 g/mol. The van der Waals surface area contributed by atoms with E-state index >= 15 is 0 Å². The Morgan fingerprint density at radius 1 is 1.32 bits per heavy atom. The molecule has 0 spiro atoms. The van der Waals surface area contributed by atoms with Crippen LogP contribution in [0.5, 0.6) is 5.75 Å². The van der Waals surface area contributed by atoms with E-state index in [-0.39, 0.29) is 0 Å². The van der Waals surface area contributed by atoms with Crippen LogP contribution in [0.25, 0.3) is 0 Å². The quantitative estimate of drug-likeness (QED) is 0.840. The number of nitrogens with one attached hydrogen (secondary N) is 1. The summed E-state index contributed by atoms with van der Waals surface area (Å²) in [6.07, 6.45) is -5.45. The van der Waals surface area contributed by atoms with Gasteiger partial charge in [0.25, 0.3) is 5.91 Å². The largest absolute Gasteiger partial charge is 0.481 e. The molecule has 1 rings (SSSR count). The minimum absolute atomic E-state index is 0.448. The number of carbonyl (C=O) groups is 1. The van der Waals surface area contributed by atoms with Gasteiger partial charge in [-0.25, -0.2) is 5.48 Å². The van der Waals surface area contributed by atoms with Crippen molar-refractivity contribution in [2.45, 2.75) is 26.1 Å². The van der Waals surface area contributed by atoms with E-state index in [1.165, 1.54) is 6.92 Å². The Hall–Kier alpha value is -1.76. The fraction of sp³-hybridized carbons (Fsp3) is 0.417. The highest BCUT2D eigenvalue weighted by molar-refractivity contribution is 5.79. The van der Waals surface area contributed by atoms with Crippen LogP contribution in [0.15, 0.2) is 24.3 Å². The number of hydroxylamine groups is 1. The van der Waals surface area contributed by atoms with E-state index in [0.717, 1.165) is 5.56 Å². The SMILES string of the molecule is Cc1ccc(OC(C)C(=O)NOCC(F)(F)F)cc1. The molecule has 0 bridgehead atoms. The molecule has 19 heavy (non-hydrogen) atoms. The molecule has 1 amide bonds. The van der Waals surface area contributed by atoms with E-state index in [0.29, 0.717) is 5.75 Å². The van der Waals surface area contributed by atoms with Crippen LogP contribution >= 0.6 is 0 Å². The predicted octanol–water partition coefficient (Wildman–Crippen LogP) is 2.37. The lowest BCUT2D eigenvalue weighted by Crippen LogP contribution is -2.38. The first-order valence-corrected chi connectivity index (χ1v) is 5.49. The molecule has 0 aliphatic rings. The maximum absolute atomic E-state index is 11.8. The third-order valence-corrected chi connectivity index (χ3v) is 2.11.